The van der Waals surface area contributed by atoms with Gasteiger partial charge in [-0.2, -0.15) is 5.10 Å². The van der Waals surface area contributed by atoms with Gasteiger partial charge in [-0.25, -0.2) is 0 Å². The van der Waals surface area contributed by atoms with Gasteiger partial charge in [-0.3, -0.25) is 9.89 Å². The van der Waals surface area contributed by atoms with Crippen LogP contribution in [0, 0.1) is 5.92 Å². The first kappa shape index (κ1) is 13.8. The van der Waals surface area contributed by atoms with E-state index in [2.05, 4.69) is 15.5 Å². The third-order valence-electron chi connectivity index (χ3n) is 4.07. The Morgan fingerprint density at radius 1 is 0.957 bits per heavy atom. The first-order chi connectivity index (χ1) is 11.3. The van der Waals surface area contributed by atoms with E-state index in [1.54, 1.807) is 0 Å². The number of aromatic amines is 1. The summed E-state index contributed by atoms with van der Waals surface area (Å²) in [5.41, 5.74) is 4.38. The number of amides is 1. The SMILES string of the molecule is O=C(Nc1c(-c2ccccc2)n[nH]c1-c1ccccc1)C1CC1. The Kier molecular flexibility index (Phi) is 3.42. The molecule has 114 valence electrons. The van der Waals surface area contributed by atoms with Crippen LogP contribution in [0.4, 0.5) is 5.69 Å². The molecule has 2 aromatic carbocycles. The van der Waals surface area contributed by atoms with Gasteiger partial charge in [0.05, 0.1) is 11.4 Å². The maximum Gasteiger partial charge on any atom is 0.227 e. The van der Waals surface area contributed by atoms with E-state index < -0.39 is 0 Å². The van der Waals surface area contributed by atoms with Crippen LogP contribution in [0.3, 0.4) is 0 Å². The van der Waals surface area contributed by atoms with Gasteiger partial charge in [0.2, 0.25) is 5.91 Å². The number of carbonyl (C=O) groups is 1. The molecule has 0 saturated heterocycles. The number of benzene rings is 2. The first-order valence-electron chi connectivity index (χ1n) is 7.83. The highest BCUT2D eigenvalue weighted by atomic mass is 16.2. The van der Waals surface area contributed by atoms with Crippen molar-refractivity contribution in [2.45, 2.75) is 12.8 Å². The fourth-order valence-corrected chi connectivity index (χ4v) is 2.65. The van der Waals surface area contributed by atoms with Crippen molar-refractivity contribution < 1.29 is 4.79 Å². The molecule has 1 amide bonds. The van der Waals surface area contributed by atoms with Crippen LogP contribution in [0.2, 0.25) is 0 Å². The average molecular weight is 303 g/mol. The van der Waals surface area contributed by atoms with Gasteiger partial charge in [-0.15, -0.1) is 0 Å². The van der Waals surface area contributed by atoms with Crippen LogP contribution >= 0.6 is 0 Å². The molecule has 4 nitrogen and oxygen atoms in total. The van der Waals surface area contributed by atoms with Crippen LogP contribution in [0.25, 0.3) is 22.5 Å². The van der Waals surface area contributed by atoms with Crippen molar-refractivity contribution >= 4 is 11.6 Å². The molecule has 3 aromatic rings. The molecule has 0 bridgehead atoms. The lowest BCUT2D eigenvalue weighted by atomic mass is 10.1. The standard InChI is InChI=1S/C19H17N3O/c23-19(15-11-12-15)20-18-16(13-7-3-1-4-8-13)21-22-17(18)14-9-5-2-6-10-14/h1-10,15H,11-12H2,(H,20,23)(H,21,22). The summed E-state index contributed by atoms with van der Waals surface area (Å²) >= 11 is 0. The number of rotatable bonds is 4. The Labute approximate surface area is 134 Å². The fraction of sp³-hybridized carbons (Fsp3) is 0.158. The van der Waals surface area contributed by atoms with Gasteiger partial charge in [0.1, 0.15) is 5.69 Å². The van der Waals surface area contributed by atoms with Crippen molar-refractivity contribution in [1.29, 1.82) is 0 Å². The van der Waals surface area contributed by atoms with Gasteiger partial charge in [0.25, 0.3) is 0 Å². The lowest BCUT2D eigenvalue weighted by molar-refractivity contribution is -0.117. The normalized spacial score (nSPS) is 13.7. The Hall–Kier alpha value is -2.88. The van der Waals surface area contributed by atoms with E-state index in [0.717, 1.165) is 41.0 Å². The number of nitrogens with zero attached hydrogens (tertiary/aromatic N) is 1. The zero-order chi connectivity index (χ0) is 15.6. The molecule has 0 radical (unpaired) electrons. The number of carbonyl (C=O) groups excluding carboxylic acids is 1. The molecule has 4 rings (SSSR count). The number of anilines is 1. The Balaban J connectivity index is 1.80. The lowest BCUT2D eigenvalue weighted by Crippen LogP contribution is -2.14. The van der Waals surface area contributed by atoms with Crippen molar-refractivity contribution in [1.82, 2.24) is 10.2 Å². The largest absolute Gasteiger partial charge is 0.322 e. The highest BCUT2D eigenvalue weighted by Crippen LogP contribution is 2.37. The molecule has 1 aliphatic carbocycles. The molecule has 1 aliphatic rings. The van der Waals surface area contributed by atoms with Crippen LogP contribution in [0.1, 0.15) is 12.8 Å². The summed E-state index contributed by atoms with van der Waals surface area (Å²) in [5, 5.41) is 10.6. The van der Waals surface area contributed by atoms with Crippen LogP contribution < -0.4 is 5.32 Å². The van der Waals surface area contributed by atoms with Crippen molar-refractivity contribution in [2.75, 3.05) is 5.32 Å². The minimum atomic E-state index is 0.0840. The molecule has 0 unspecified atom stereocenters. The van der Waals surface area contributed by atoms with Crippen LogP contribution in [-0.2, 0) is 4.79 Å². The molecular weight excluding hydrogens is 286 g/mol. The van der Waals surface area contributed by atoms with E-state index in [9.17, 15) is 4.79 Å². The summed E-state index contributed by atoms with van der Waals surface area (Å²) in [7, 11) is 0. The van der Waals surface area contributed by atoms with Crippen molar-refractivity contribution in [2.24, 2.45) is 5.92 Å². The van der Waals surface area contributed by atoms with Crippen LogP contribution in [0.5, 0.6) is 0 Å². The number of H-pyrrole nitrogens is 1. The third kappa shape index (κ3) is 2.75. The predicted molar refractivity (Wildman–Crippen MR) is 90.8 cm³/mol. The summed E-state index contributed by atoms with van der Waals surface area (Å²) < 4.78 is 0. The molecule has 23 heavy (non-hydrogen) atoms. The molecule has 0 atom stereocenters. The van der Waals surface area contributed by atoms with Gasteiger partial charge in [-0.1, -0.05) is 60.7 Å². The monoisotopic (exact) mass is 303 g/mol. The van der Waals surface area contributed by atoms with Gasteiger partial charge in [0, 0.05) is 17.0 Å². The lowest BCUT2D eigenvalue weighted by Gasteiger charge is -2.08. The quantitative estimate of drug-likeness (QED) is 0.762. The Morgan fingerprint density at radius 3 is 2.17 bits per heavy atom. The second-order valence-corrected chi connectivity index (χ2v) is 5.82. The van der Waals surface area contributed by atoms with Gasteiger partial charge in [-0.05, 0) is 12.8 Å². The van der Waals surface area contributed by atoms with E-state index in [-0.39, 0.29) is 11.8 Å². The maximum atomic E-state index is 12.3. The van der Waals surface area contributed by atoms with Crippen molar-refractivity contribution in [3.8, 4) is 22.5 Å². The molecule has 1 aromatic heterocycles. The molecule has 0 aliphatic heterocycles. The smallest absolute Gasteiger partial charge is 0.227 e. The van der Waals surface area contributed by atoms with Gasteiger partial charge in [0.15, 0.2) is 0 Å². The van der Waals surface area contributed by atoms with E-state index in [1.807, 2.05) is 60.7 Å². The Bertz CT molecular complexity index is 763. The molecule has 4 heteroatoms. The zero-order valence-electron chi connectivity index (χ0n) is 12.6. The molecule has 2 N–H and O–H groups in total. The molecule has 0 spiro atoms. The average Bonchev–Trinajstić information content (AvgIpc) is 3.38. The number of hydrogen-bond donors (Lipinski definition) is 2. The minimum absolute atomic E-state index is 0.0840. The predicted octanol–water partition coefficient (Wildman–Crippen LogP) is 4.09. The first-order valence-corrected chi connectivity index (χ1v) is 7.83. The number of hydrogen-bond acceptors (Lipinski definition) is 2. The van der Waals surface area contributed by atoms with E-state index in [1.165, 1.54) is 0 Å². The summed E-state index contributed by atoms with van der Waals surface area (Å²) in [4.78, 5) is 12.3. The van der Waals surface area contributed by atoms with E-state index in [0.29, 0.717) is 0 Å². The fourth-order valence-electron chi connectivity index (χ4n) is 2.65. The zero-order valence-corrected chi connectivity index (χ0v) is 12.6. The molecule has 1 heterocycles. The third-order valence-corrected chi connectivity index (χ3v) is 4.07. The maximum absolute atomic E-state index is 12.3. The summed E-state index contributed by atoms with van der Waals surface area (Å²) in [5.74, 6) is 0.234. The Morgan fingerprint density at radius 2 is 1.57 bits per heavy atom. The number of aromatic nitrogens is 2. The van der Waals surface area contributed by atoms with Gasteiger partial charge >= 0.3 is 0 Å². The van der Waals surface area contributed by atoms with Crippen molar-refractivity contribution in [3.63, 3.8) is 0 Å². The number of nitrogens with one attached hydrogen (secondary N) is 2. The minimum Gasteiger partial charge on any atom is -0.322 e. The summed E-state index contributed by atoms with van der Waals surface area (Å²) in [6.07, 6.45) is 1.95. The van der Waals surface area contributed by atoms with Crippen LogP contribution in [-0.4, -0.2) is 16.1 Å². The molecule has 1 fully saturated rings. The second-order valence-electron chi connectivity index (χ2n) is 5.82. The molecule has 1 saturated carbocycles. The second kappa shape index (κ2) is 5.72. The highest BCUT2D eigenvalue weighted by molar-refractivity contribution is 6.01. The van der Waals surface area contributed by atoms with Crippen LogP contribution in [0.15, 0.2) is 60.7 Å². The highest BCUT2D eigenvalue weighted by Gasteiger charge is 2.31. The summed E-state index contributed by atoms with van der Waals surface area (Å²) in [6, 6.07) is 19.9. The van der Waals surface area contributed by atoms with Gasteiger partial charge < -0.3 is 5.32 Å². The topological polar surface area (TPSA) is 57.8 Å². The van der Waals surface area contributed by atoms with E-state index in [4.69, 9.17) is 0 Å². The van der Waals surface area contributed by atoms with Crippen molar-refractivity contribution in [3.05, 3.63) is 60.7 Å². The summed E-state index contributed by atoms with van der Waals surface area (Å²) in [6.45, 7) is 0. The molecular formula is C19H17N3O. The van der Waals surface area contributed by atoms with E-state index >= 15 is 0 Å².